The first kappa shape index (κ1) is 33.2. The second-order valence-corrected chi connectivity index (χ2v) is 15.2. The lowest BCUT2D eigenvalue weighted by molar-refractivity contribution is 0.0730. The molecular weight excluding hydrogens is 661 g/mol. The molecule has 0 atom stereocenters. The number of aromatic nitrogens is 1. The number of sulfonamides is 2. The van der Waals surface area contributed by atoms with Crippen molar-refractivity contribution in [3.8, 4) is 5.75 Å². The number of rotatable bonds is 10. The van der Waals surface area contributed by atoms with Gasteiger partial charge in [-0.05, 0) is 92.4 Å². The zero-order valence-electron chi connectivity index (χ0n) is 25.0. The summed E-state index contributed by atoms with van der Waals surface area (Å²) in [6, 6.07) is 13.9. The highest BCUT2D eigenvalue weighted by atomic mass is 35.5. The Balaban J connectivity index is 1.39. The van der Waals surface area contributed by atoms with E-state index in [9.17, 15) is 21.6 Å². The molecule has 0 aliphatic carbocycles. The molecule has 1 aromatic heterocycles. The van der Waals surface area contributed by atoms with Crippen LogP contribution in [0.5, 0.6) is 5.75 Å². The van der Waals surface area contributed by atoms with E-state index in [1.165, 1.54) is 22.5 Å². The summed E-state index contributed by atoms with van der Waals surface area (Å²) in [5.41, 5.74) is 3.20. The van der Waals surface area contributed by atoms with Gasteiger partial charge in [0.25, 0.3) is 15.9 Å². The van der Waals surface area contributed by atoms with Crippen LogP contribution in [-0.2, 0) is 31.3 Å². The number of benzene rings is 3. The Morgan fingerprint density at radius 2 is 1.60 bits per heavy atom. The minimum Gasteiger partial charge on any atom is -0.494 e. The molecule has 3 aromatic carbocycles. The number of hydrogen-bond donors (Lipinski definition) is 1. The zero-order valence-corrected chi connectivity index (χ0v) is 28.1. The summed E-state index contributed by atoms with van der Waals surface area (Å²) in [6.07, 6.45) is 0.501. The van der Waals surface area contributed by atoms with E-state index in [4.69, 9.17) is 32.7 Å². The third-order valence-electron chi connectivity index (χ3n) is 7.65. The van der Waals surface area contributed by atoms with Crippen molar-refractivity contribution in [2.75, 3.05) is 32.9 Å². The van der Waals surface area contributed by atoms with E-state index in [0.29, 0.717) is 51.8 Å². The first-order valence-corrected chi connectivity index (χ1v) is 17.9. The van der Waals surface area contributed by atoms with Gasteiger partial charge >= 0.3 is 0 Å². The predicted molar refractivity (Wildman–Crippen MR) is 173 cm³/mol. The van der Waals surface area contributed by atoms with Crippen LogP contribution < -0.4 is 9.46 Å². The minimum atomic E-state index is -4.46. The monoisotopic (exact) mass is 693 g/mol. The van der Waals surface area contributed by atoms with Crippen molar-refractivity contribution in [3.63, 3.8) is 0 Å². The normalized spacial score (nSPS) is 14.5. The van der Waals surface area contributed by atoms with Crippen LogP contribution in [-0.4, -0.2) is 64.5 Å². The van der Waals surface area contributed by atoms with Gasteiger partial charge in [0, 0.05) is 40.6 Å². The van der Waals surface area contributed by atoms with Gasteiger partial charge in [-0.15, -0.1) is 0 Å². The molecule has 2 heterocycles. The third kappa shape index (κ3) is 7.01. The average Bonchev–Trinajstić information content (AvgIpc) is 3.28. The molecule has 4 aromatic rings. The number of morpholine rings is 1. The number of carbonyl (C=O) groups excluding carboxylic acids is 1. The lowest BCUT2D eigenvalue weighted by Gasteiger charge is -2.26. The molecule has 45 heavy (non-hydrogen) atoms. The second kappa shape index (κ2) is 13.3. The third-order valence-corrected chi connectivity index (χ3v) is 11.7. The lowest BCUT2D eigenvalue weighted by atomic mass is 10.1. The molecule has 0 radical (unpaired) electrons. The molecule has 1 amide bonds. The highest BCUT2D eigenvalue weighted by Crippen LogP contribution is 2.30. The van der Waals surface area contributed by atoms with Crippen LogP contribution in [0.4, 0.5) is 0 Å². The van der Waals surface area contributed by atoms with Crippen molar-refractivity contribution in [1.29, 1.82) is 0 Å². The molecule has 1 saturated heterocycles. The van der Waals surface area contributed by atoms with Crippen molar-refractivity contribution < 1.29 is 31.1 Å². The van der Waals surface area contributed by atoms with E-state index in [2.05, 4.69) is 4.72 Å². The average molecular weight is 695 g/mol. The quantitative estimate of drug-likeness (QED) is 0.218. The van der Waals surface area contributed by atoms with Gasteiger partial charge in [-0.25, -0.2) is 21.6 Å². The van der Waals surface area contributed by atoms with E-state index in [1.54, 1.807) is 29.7 Å². The number of ether oxygens (including phenoxy) is 2. The first-order valence-electron chi connectivity index (χ1n) is 14.2. The largest absolute Gasteiger partial charge is 0.494 e. The number of aryl methyl sites for hydroxylation is 4. The smallest absolute Gasteiger partial charge is 0.281 e. The molecule has 1 fully saturated rings. The van der Waals surface area contributed by atoms with Crippen molar-refractivity contribution in [2.45, 2.75) is 43.5 Å². The van der Waals surface area contributed by atoms with Gasteiger partial charge in [0.1, 0.15) is 11.4 Å². The van der Waals surface area contributed by atoms with Crippen LogP contribution in [0.25, 0.3) is 10.9 Å². The minimum absolute atomic E-state index is 0.145. The molecule has 0 saturated carbocycles. The maximum absolute atomic E-state index is 13.7. The molecule has 1 aliphatic heterocycles. The number of nitrogens with zero attached hydrogens (tertiary/aromatic N) is 2. The SMILES string of the molecule is Cc1cc(OCCCn2c(C(=O)NS(=O)(=O)c3cccc(S(=O)(=O)N4CCOCC4)c3)c(C)c3cc(Cl)ccc32)cc(C)c1Cl. The fraction of sp³-hybridized carbons (Fsp3) is 0.323. The Labute approximate surface area is 272 Å². The summed E-state index contributed by atoms with van der Waals surface area (Å²) in [4.78, 5) is 13.2. The molecule has 0 unspecified atom stereocenters. The molecule has 1 aliphatic rings. The Morgan fingerprint density at radius 3 is 2.29 bits per heavy atom. The Kier molecular flexibility index (Phi) is 9.83. The highest BCUT2D eigenvalue weighted by Gasteiger charge is 2.29. The Bertz CT molecular complexity index is 1960. The standard InChI is InChI=1S/C31H33Cl2N3O7S2/c1-20-16-24(17-21(2)29(20)33)43-13-5-10-36-28-9-8-23(32)18-27(28)22(3)30(36)31(37)34-44(38,39)25-6-4-7-26(19-25)45(40,41)35-11-14-42-15-12-35/h4,6-9,16-19H,5,10-15H2,1-3H3,(H,34,37). The predicted octanol–water partition coefficient (Wildman–Crippen LogP) is 5.48. The van der Waals surface area contributed by atoms with Crippen LogP contribution in [0.3, 0.4) is 0 Å². The number of nitrogens with one attached hydrogen (secondary N) is 1. The van der Waals surface area contributed by atoms with Gasteiger partial charge in [-0.1, -0.05) is 29.3 Å². The Hall–Kier alpha value is -3.13. The van der Waals surface area contributed by atoms with Gasteiger partial charge < -0.3 is 14.0 Å². The fourth-order valence-electron chi connectivity index (χ4n) is 5.39. The summed E-state index contributed by atoms with van der Waals surface area (Å²) >= 11 is 12.5. The van der Waals surface area contributed by atoms with Crippen LogP contribution in [0, 0.1) is 20.8 Å². The van der Waals surface area contributed by atoms with Crippen molar-refractivity contribution in [3.05, 3.63) is 87.0 Å². The summed E-state index contributed by atoms with van der Waals surface area (Å²) in [6.45, 7) is 7.02. The fourth-order valence-corrected chi connectivity index (χ4v) is 8.20. The van der Waals surface area contributed by atoms with E-state index < -0.39 is 26.0 Å². The summed E-state index contributed by atoms with van der Waals surface area (Å²) in [7, 11) is -8.41. The lowest BCUT2D eigenvalue weighted by Crippen LogP contribution is -2.40. The van der Waals surface area contributed by atoms with Gasteiger partial charge in [-0.3, -0.25) is 4.79 Å². The topological polar surface area (TPSA) is 124 Å². The first-order chi connectivity index (χ1) is 21.3. The van der Waals surface area contributed by atoms with E-state index >= 15 is 0 Å². The number of fused-ring (bicyclic) bond motifs is 1. The molecule has 0 bridgehead atoms. The molecule has 14 heteroatoms. The van der Waals surface area contributed by atoms with Crippen LogP contribution in [0.2, 0.25) is 10.0 Å². The maximum atomic E-state index is 13.7. The molecular formula is C31H33Cl2N3O7S2. The molecule has 5 rings (SSSR count). The molecule has 1 N–H and O–H groups in total. The van der Waals surface area contributed by atoms with Crippen LogP contribution in [0.15, 0.2) is 64.4 Å². The van der Waals surface area contributed by atoms with Crippen molar-refractivity contribution in [2.24, 2.45) is 0 Å². The molecule has 10 nitrogen and oxygen atoms in total. The second-order valence-electron chi connectivity index (χ2n) is 10.8. The zero-order chi connectivity index (χ0) is 32.5. The van der Waals surface area contributed by atoms with Crippen molar-refractivity contribution in [1.82, 2.24) is 13.6 Å². The maximum Gasteiger partial charge on any atom is 0.281 e. The van der Waals surface area contributed by atoms with Gasteiger partial charge in [0.15, 0.2) is 0 Å². The van der Waals surface area contributed by atoms with E-state index in [1.807, 2.05) is 26.0 Å². The number of halogens is 2. The highest BCUT2D eigenvalue weighted by molar-refractivity contribution is 7.90. The Morgan fingerprint density at radius 1 is 0.933 bits per heavy atom. The number of hydrogen-bond acceptors (Lipinski definition) is 7. The van der Waals surface area contributed by atoms with Gasteiger partial charge in [0.2, 0.25) is 10.0 Å². The molecule has 240 valence electrons. The van der Waals surface area contributed by atoms with E-state index in [-0.39, 0.29) is 41.8 Å². The summed E-state index contributed by atoms with van der Waals surface area (Å²) in [5.74, 6) is -0.178. The van der Waals surface area contributed by atoms with Gasteiger partial charge in [-0.2, -0.15) is 4.31 Å². The number of carbonyl (C=O) groups is 1. The van der Waals surface area contributed by atoms with E-state index in [0.717, 1.165) is 17.2 Å². The number of amides is 1. The van der Waals surface area contributed by atoms with Crippen LogP contribution in [0.1, 0.15) is 33.6 Å². The van der Waals surface area contributed by atoms with Crippen LogP contribution >= 0.6 is 23.2 Å². The van der Waals surface area contributed by atoms with Gasteiger partial charge in [0.05, 0.1) is 29.6 Å². The summed E-state index contributed by atoms with van der Waals surface area (Å²) < 4.78 is 69.5. The molecule has 0 spiro atoms. The summed E-state index contributed by atoms with van der Waals surface area (Å²) in [5, 5.41) is 1.86. The van der Waals surface area contributed by atoms with Crippen molar-refractivity contribution >= 4 is 60.1 Å².